The summed E-state index contributed by atoms with van der Waals surface area (Å²) in [5.41, 5.74) is 1.16. The molecule has 2 amide bonds. The zero-order valence-electron chi connectivity index (χ0n) is 13.7. The molecule has 1 aliphatic heterocycles. The Morgan fingerprint density at radius 2 is 1.92 bits per heavy atom. The van der Waals surface area contributed by atoms with E-state index in [-0.39, 0.29) is 30.2 Å². The van der Waals surface area contributed by atoms with Crippen molar-refractivity contribution in [1.82, 2.24) is 14.1 Å². The monoisotopic (exact) mass is 359 g/mol. The SMILES string of the molecule is Cn1ncc2c1S(=O)(=O)N(CCc1ccccc1)C(=O)N2CCC#N. The number of nitrogens with zero attached hydrogens (tertiary/aromatic N) is 5. The Hall–Kier alpha value is -2.86. The molecule has 0 N–H and O–H groups in total. The number of fused-ring (bicyclic) bond motifs is 1. The Kier molecular flexibility index (Phi) is 4.46. The molecule has 0 unspecified atom stereocenters. The standard InChI is InChI=1S/C16H17N5O3S/c1-19-15-14(12-18-19)20(10-5-9-17)16(22)21(25(15,23)24)11-8-13-6-3-2-4-7-13/h2-4,6-7,12H,5,8,10-11H2,1H3. The molecule has 130 valence electrons. The molecule has 0 saturated heterocycles. The van der Waals surface area contributed by atoms with E-state index in [1.807, 2.05) is 36.4 Å². The molecule has 1 aromatic carbocycles. The molecule has 0 atom stereocenters. The molecule has 0 bridgehead atoms. The fourth-order valence-electron chi connectivity index (χ4n) is 2.81. The number of rotatable bonds is 5. The highest BCUT2D eigenvalue weighted by Crippen LogP contribution is 2.34. The van der Waals surface area contributed by atoms with Crippen molar-refractivity contribution in [2.75, 3.05) is 18.0 Å². The number of hydrogen-bond donors (Lipinski definition) is 0. The maximum Gasteiger partial charge on any atom is 0.338 e. The third-order valence-electron chi connectivity index (χ3n) is 4.03. The number of amides is 2. The number of hydrogen-bond acceptors (Lipinski definition) is 5. The van der Waals surface area contributed by atoms with E-state index in [1.54, 1.807) is 0 Å². The van der Waals surface area contributed by atoms with Gasteiger partial charge in [0.15, 0.2) is 5.03 Å². The molecular formula is C16H17N5O3S. The Morgan fingerprint density at radius 1 is 1.20 bits per heavy atom. The van der Waals surface area contributed by atoms with Crippen molar-refractivity contribution in [3.05, 3.63) is 42.1 Å². The zero-order chi connectivity index (χ0) is 18.0. The molecule has 1 aliphatic rings. The van der Waals surface area contributed by atoms with Gasteiger partial charge >= 0.3 is 6.03 Å². The summed E-state index contributed by atoms with van der Waals surface area (Å²) in [5, 5.41) is 12.8. The fraction of sp³-hybridized carbons (Fsp3) is 0.312. The lowest BCUT2D eigenvalue weighted by Gasteiger charge is -2.34. The van der Waals surface area contributed by atoms with Gasteiger partial charge in [-0.15, -0.1) is 0 Å². The maximum absolute atomic E-state index is 12.9. The van der Waals surface area contributed by atoms with Crippen LogP contribution < -0.4 is 4.90 Å². The second-order valence-electron chi connectivity index (χ2n) is 5.61. The molecule has 9 heteroatoms. The van der Waals surface area contributed by atoms with Gasteiger partial charge in [-0.1, -0.05) is 30.3 Å². The molecule has 0 spiro atoms. The van der Waals surface area contributed by atoms with Gasteiger partial charge in [-0.3, -0.25) is 9.58 Å². The minimum atomic E-state index is -3.99. The molecule has 8 nitrogen and oxygen atoms in total. The number of carbonyl (C=O) groups is 1. The molecule has 0 saturated carbocycles. The van der Waals surface area contributed by atoms with Gasteiger partial charge < -0.3 is 0 Å². The van der Waals surface area contributed by atoms with Crippen LogP contribution in [0.4, 0.5) is 10.5 Å². The number of sulfonamides is 1. The van der Waals surface area contributed by atoms with E-state index in [0.717, 1.165) is 9.87 Å². The van der Waals surface area contributed by atoms with E-state index < -0.39 is 16.1 Å². The first kappa shape index (κ1) is 17.0. The van der Waals surface area contributed by atoms with Gasteiger partial charge in [0.25, 0.3) is 10.0 Å². The predicted octanol–water partition coefficient (Wildman–Crippen LogP) is 1.51. The van der Waals surface area contributed by atoms with Gasteiger partial charge in [-0.25, -0.2) is 9.10 Å². The molecule has 1 aromatic heterocycles. The third-order valence-corrected chi connectivity index (χ3v) is 5.91. The van der Waals surface area contributed by atoms with Gasteiger partial charge in [0.2, 0.25) is 0 Å². The van der Waals surface area contributed by atoms with Crippen LogP contribution in [0.1, 0.15) is 12.0 Å². The maximum atomic E-state index is 12.9. The van der Waals surface area contributed by atoms with Gasteiger partial charge in [0.05, 0.1) is 18.7 Å². The Balaban J connectivity index is 1.96. The first-order valence-corrected chi connectivity index (χ1v) is 9.18. The summed E-state index contributed by atoms with van der Waals surface area (Å²) in [6, 6.07) is 10.7. The molecule has 2 heterocycles. The number of benzene rings is 1. The summed E-state index contributed by atoms with van der Waals surface area (Å²) in [6.07, 6.45) is 1.86. The van der Waals surface area contributed by atoms with Crippen LogP contribution in [0.3, 0.4) is 0 Å². The van der Waals surface area contributed by atoms with Crippen LogP contribution in [0, 0.1) is 11.3 Å². The minimum absolute atomic E-state index is 0.0266. The van der Waals surface area contributed by atoms with E-state index >= 15 is 0 Å². The van der Waals surface area contributed by atoms with Crippen molar-refractivity contribution < 1.29 is 13.2 Å². The molecule has 25 heavy (non-hydrogen) atoms. The van der Waals surface area contributed by atoms with Crippen LogP contribution in [0.5, 0.6) is 0 Å². The minimum Gasteiger partial charge on any atom is -0.288 e. The number of aromatic nitrogens is 2. The molecular weight excluding hydrogens is 342 g/mol. The van der Waals surface area contributed by atoms with Crippen LogP contribution in [0.25, 0.3) is 0 Å². The molecule has 3 rings (SSSR count). The second-order valence-corrected chi connectivity index (χ2v) is 7.39. The third kappa shape index (κ3) is 2.96. The second kappa shape index (κ2) is 6.57. The van der Waals surface area contributed by atoms with Crippen molar-refractivity contribution >= 4 is 21.7 Å². The predicted molar refractivity (Wildman–Crippen MR) is 90.2 cm³/mol. The Labute approximate surface area is 145 Å². The van der Waals surface area contributed by atoms with Crippen molar-refractivity contribution in [2.24, 2.45) is 7.05 Å². The van der Waals surface area contributed by atoms with E-state index in [2.05, 4.69) is 5.10 Å². The van der Waals surface area contributed by atoms with Gasteiger partial charge in [0, 0.05) is 20.1 Å². The average molecular weight is 359 g/mol. The van der Waals surface area contributed by atoms with Crippen LogP contribution >= 0.6 is 0 Å². The van der Waals surface area contributed by atoms with Gasteiger partial charge in [-0.2, -0.15) is 18.8 Å². The quantitative estimate of drug-likeness (QED) is 0.806. The van der Waals surface area contributed by atoms with Crippen LogP contribution in [-0.4, -0.2) is 41.6 Å². The Morgan fingerprint density at radius 3 is 2.60 bits per heavy atom. The molecule has 2 aromatic rings. The molecule has 0 aliphatic carbocycles. The van der Waals surface area contributed by atoms with Gasteiger partial charge in [-0.05, 0) is 12.0 Å². The van der Waals surface area contributed by atoms with Crippen molar-refractivity contribution in [2.45, 2.75) is 17.9 Å². The summed E-state index contributed by atoms with van der Waals surface area (Å²) in [5.74, 6) is 0. The lowest BCUT2D eigenvalue weighted by Crippen LogP contribution is -2.51. The molecule has 0 fully saturated rings. The highest BCUT2D eigenvalue weighted by molar-refractivity contribution is 7.89. The molecule has 0 radical (unpaired) electrons. The van der Waals surface area contributed by atoms with Crippen molar-refractivity contribution in [3.63, 3.8) is 0 Å². The van der Waals surface area contributed by atoms with Gasteiger partial charge in [0.1, 0.15) is 5.69 Å². The number of urea groups is 1. The summed E-state index contributed by atoms with van der Waals surface area (Å²) >= 11 is 0. The van der Waals surface area contributed by atoms with E-state index in [4.69, 9.17) is 5.26 Å². The zero-order valence-corrected chi connectivity index (χ0v) is 14.5. The fourth-order valence-corrected chi connectivity index (χ4v) is 4.47. The van der Waals surface area contributed by atoms with Crippen molar-refractivity contribution in [1.29, 1.82) is 5.26 Å². The average Bonchev–Trinajstić information content (AvgIpc) is 2.98. The van der Waals surface area contributed by atoms with E-state index in [9.17, 15) is 13.2 Å². The summed E-state index contributed by atoms with van der Waals surface area (Å²) in [4.78, 5) is 14.1. The number of anilines is 1. The first-order valence-electron chi connectivity index (χ1n) is 7.74. The summed E-state index contributed by atoms with van der Waals surface area (Å²) in [7, 11) is -2.47. The number of nitriles is 1. The topological polar surface area (TPSA) is 99.3 Å². The largest absolute Gasteiger partial charge is 0.338 e. The first-order chi connectivity index (χ1) is 12.0. The van der Waals surface area contributed by atoms with Crippen LogP contribution in [0.15, 0.2) is 41.6 Å². The highest BCUT2D eigenvalue weighted by Gasteiger charge is 2.43. The Bertz CT molecular complexity index is 930. The van der Waals surface area contributed by atoms with E-state index in [1.165, 1.54) is 22.8 Å². The smallest absolute Gasteiger partial charge is 0.288 e. The normalized spacial score (nSPS) is 15.8. The summed E-state index contributed by atoms with van der Waals surface area (Å²) < 4.78 is 27.9. The van der Waals surface area contributed by atoms with E-state index in [0.29, 0.717) is 6.42 Å². The highest BCUT2D eigenvalue weighted by atomic mass is 32.2. The van der Waals surface area contributed by atoms with Crippen LogP contribution in [0.2, 0.25) is 0 Å². The lowest BCUT2D eigenvalue weighted by molar-refractivity contribution is 0.227. The lowest BCUT2D eigenvalue weighted by atomic mass is 10.1. The summed E-state index contributed by atoms with van der Waals surface area (Å²) in [6.45, 7) is 0.143. The van der Waals surface area contributed by atoms with Crippen LogP contribution in [-0.2, 0) is 23.5 Å². The number of carbonyl (C=O) groups excluding carboxylic acids is 1. The number of aryl methyl sites for hydroxylation is 1. The van der Waals surface area contributed by atoms with Crippen molar-refractivity contribution in [3.8, 4) is 6.07 Å².